The van der Waals surface area contributed by atoms with E-state index in [0.717, 1.165) is 18.6 Å². The van der Waals surface area contributed by atoms with E-state index in [0.29, 0.717) is 17.9 Å². The molecule has 5 nitrogen and oxygen atoms in total. The summed E-state index contributed by atoms with van der Waals surface area (Å²) in [5, 5.41) is 2.27. The molecule has 1 atom stereocenters. The topological polar surface area (TPSA) is 45.5 Å². The van der Waals surface area contributed by atoms with E-state index < -0.39 is 0 Å². The molecule has 0 bridgehead atoms. The molecule has 0 aliphatic carbocycles. The van der Waals surface area contributed by atoms with Crippen molar-refractivity contribution in [3.05, 3.63) is 99.0 Å². The number of benzene rings is 2. The summed E-state index contributed by atoms with van der Waals surface area (Å²) in [6.45, 7) is 6.49. The van der Waals surface area contributed by atoms with Crippen LogP contribution in [0.1, 0.15) is 65.5 Å². The van der Waals surface area contributed by atoms with Gasteiger partial charge >= 0.3 is 0 Å². The minimum atomic E-state index is -0.0989. The fraction of sp³-hybridized carbons (Fsp3) is 0.333. The number of rotatable bonds is 4. The SMILES string of the molecule is CCC(CC)N1CN(C2c3ccccc3CSc3ccccc32)n2ccc(=O)c(C)c2C1=O. The van der Waals surface area contributed by atoms with Gasteiger partial charge < -0.3 is 4.90 Å². The first-order valence-electron chi connectivity index (χ1n) is 11.6. The number of aromatic nitrogens is 1. The van der Waals surface area contributed by atoms with E-state index in [2.05, 4.69) is 67.4 Å². The molecule has 0 saturated carbocycles. The molecule has 0 spiro atoms. The number of thioether (sulfide) groups is 1. The smallest absolute Gasteiger partial charge is 0.274 e. The highest BCUT2D eigenvalue weighted by Gasteiger charge is 2.39. The minimum absolute atomic E-state index is 0.0558. The van der Waals surface area contributed by atoms with Crippen molar-refractivity contribution in [2.24, 2.45) is 0 Å². The lowest BCUT2D eigenvalue weighted by Crippen LogP contribution is -2.58. The summed E-state index contributed by atoms with van der Waals surface area (Å²) >= 11 is 1.86. The zero-order chi connectivity index (χ0) is 23.1. The summed E-state index contributed by atoms with van der Waals surface area (Å²) in [5.74, 6) is 0.850. The molecule has 0 fully saturated rings. The van der Waals surface area contributed by atoms with Gasteiger partial charge in [-0.1, -0.05) is 56.3 Å². The molecule has 0 saturated heterocycles. The van der Waals surface area contributed by atoms with Gasteiger partial charge in [0.2, 0.25) is 0 Å². The maximum Gasteiger partial charge on any atom is 0.274 e. The lowest BCUT2D eigenvalue weighted by molar-refractivity contribution is 0.0581. The van der Waals surface area contributed by atoms with Crippen molar-refractivity contribution >= 4 is 17.7 Å². The largest absolute Gasteiger partial charge is 0.315 e. The number of carbonyl (C=O) groups excluding carboxylic acids is 1. The van der Waals surface area contributed by atoms with Crippen molar-refractivity contribution in [1.82, 2.24) is 9.58 Å². The van der Waals surface area contributed by atoms with Gasteiger partial charge in [0.05, 0.1) is 6.04 Å². The van der Waals surface area contributed by atoms with Crippen molar-refractivity contribution in [3.8, 4) is 0 Å². The zero-order valence-corrected chi connectivity index (χ0v) is 20.1. The molecule has 1 unspecified atom stereocenters. The van der Waals surface area contributed by atoms with Crippen LogP contribution in [0.4, 0.5) is 0 Å². The van der Waals surface area contributed by atoms with Crippen LogP contribution in [0.3, 0.4) is 0 Å². The van der Waals surface area contributed by atoms with Gasteiger partial charge in [-0.3, -0.25) is 19.3 Å². The highest BCUT2D eigenvalue weighted by molar-refractivity contribution is 7.98. The van der Waals surface area contributed by atoms with Crippen LogP contribution in [-0.4, -0.2) is 28.2 Å². The van der Waals surface area contributed by atoms with E-state index >= 15 is 0 Å². The summed E-state index contributed by atoms with van der Waals surface area (Å²) in [5.41, 5.74) is 4.66. The number of fused-ring (bicyclic) bond motifs is 3. The Morgan fingerprint density at radius 1 is 0.970 bits per heavy atom. The molecule has 2 aliphatic rings. The summed E-state index contributed by atoms with van der Waals surface area (Å²) in [7, 11) is 0. The van der Waals surface area contributed by atoms with Crippen molar-refractivity contribution in [2.45, 2.75) is 56.3 Å². The predicted octanol–water partition coefficient (Wildman–Crippen LogP) is 5.09. The standard InChI is InChI=1S/C27H29N3O2S/c1-4-20(5-2)28-17-30(29-15-14-23(31)18(3)25(29)27(28)32)26-21-11-7-6-10-19(21)16-33-24-13-9-8-12-22(24)26/h6-15,20,26H,4-5,16-17H2,1-3H3. The van der Waals surface area contributed by atoms with Crippen LogP contribution in [-0.2, 0) is 5.75 Å². The second-order valence-corrected chi connectivity index (χ2v) is 9.77. The molecule has 170 valence electrons. The Hall–Kier alpha value is -2.99. The summed E-state index contributed by atoms with van der Waals surface area (Å²) < 4.78 is 1.94. The fourth-order valence-electron chi connectivity index (χ4n) is 5.15. The zero-order valence-electron chi connectivity index (χ0n) is 19.3. The van der Waals surface area contributed by atoms with E-state index in [9.17, 15) is 9.59 Å². The molecular weight excluding hydrogens is 430 g/mol. The number of carbonyl (C=O) groups is 1. The van der Waals surface area contributed by atoms with Gasteiger partial charge in [-0.15, -0.1) is 11.8 Å². The molecule has 6 heteroatoms. The number of hydrogen-bond acceptors (Lipinski definition) is 4. The van der Waals surface area contributed by atoms with Crippen LogP contribution in [0, 0.1) is 6.92 Å². The Kier molecular flexibility index (Phi) is 5.79. The Labute approximate surface area is 199 Å². The quantitative estimate of drug-likeness (QED) is 0.545. The van der Waals surface area contributed by atoms with Gasteiger partial charge in [-0.2, -0.15) is 0 Å². The van der Waals surface area contributed by atoms with Crippen LogP contribution < -0.4 is 10.4 Å². The molecule has 2 aromatic carbocycles. The lowest BCUT2D eigenvalue weighted by atomic mass is 9.94. The second-order valence-electron chi connectivity index (χ2n) is 8.75. The van der Waals surface area contributed by atoms with Gasteiger partial charge in [0.15, 0.2) is 5.43 Å². The first kappa shape index (κ1) is 21.8. The molecule has 3 heterocycles. The summed E-state index contributed by atoms with van der Waals surface area (Å²) in [4.78, 5) is 29.5. The van der Waals surface area contributed by atoms with E-state index in [1.807, 2.05) is 21.3 Å². The Bertz CT molecular complexity index is 1220. The number of hydrogen-bond donors (Lipinski definition) is 0. The monoisotopic (exact) mass is 459 g/mol. The first-order valence-corrected chi connectivity index (χ1v) is 12.6. The number of nitrogens with zero attached hydrogens (tertiary/aromatic N) is 3. The maximum absolute atomic E-state index is 13.7. The Morgan fingerprint density at radius 3 is 2.42 bits per heavy atom. The van der Waals surface area contributed by atoms with Gasteiger partial charge in [0.1, 0.15) is 12.4 Å². The van der Waals surface area contributed by atoms with Crippen LogP contribution in [0.15, 0.2) is 70.5 Å². The highest BCUT2D eigenvalue weighted by Crippen LogP contribution is 2.42. The van der Waals surface area contributed by atoms with Crippen molar-refractivity contribution in [2.75, 3.05) is 11.7 Å². The molecule has 1 aromatic heterocycles. The first-order chi connectivity index (χ1) is 16.0. The molecule has 0 N–H and O–H groups in total. The van der Waals surface area contributed by atoms with Crippen LogP contribution in [0.2, 0.25) is 0 Å². The molecule has 2 aliphatic heterocycles. The average molecular weight is 460 g/mol. The molecular formula is C27H29N3O2S. The highest BCUT2D eigenvalue weighted by atomic mass is 32.2. The van der Waals surface area contributed by atoms with Crippen molar-refractivity contribution < 1.29 is 4.79 Å². The van der Waals surface area contributed by atoms with Gasteiger partial charge in [-0.25, -0.2) is 0 Å². The van der Waals surface area contributed by atoms with Gasteiger partial charge in [0, 0.05) is 34.5 Å². The fourth-order valence-corrected chi connectivity index (χ4v) is 6.25. The lowest BCUT2D eigenvalue weighted by Gasteiger charge is -2.46. The molecule has 1 amide bonds. The summed E-state index contributed by atoms with van der Waals surface area (Å²) in [6.07, 6.45) is 3.52. The molecule has 5 rings (SSSR count). The Morgan fingerprint density at radius 2 is 1.67 bits per heavy atom. The molecule has 3 aromatic rings. The van der Waals surface area contributed by atoms with E-state index in [-0.39, 0.29) is 23.4 Å². The number of pyridine rings is 1. The predicted molar refractivity (Wildman–Crippen MR) is 133 cm³/mol. The third-order valence-corrected chi connectivity index (χ3v) is 8.12. The van der Waals surface area contributed by atoms with Crippen molar-refractivity contribution in [1.29, 1.82) is 0 Å². The van der Waals surface area contributed by atoms with Crippen molar-refractivity contribution in [3.63, 3.8) is 0 Å². The third kappa shape index (κ3) is 3.57. The maximum atomic E-state index is 13.7. The molecule has 0 radical (unpaired) electrons. The van der Waals surface area contributed by atoms with Gasteiger partial charge in [0.25, 0.3) is 5.91 Å². The number of amides is 1. The van der Waals surface area contributed by atoms with Crippen LogP contribution in [0.5, 0.6) is 0 Å². The summed E-state index contributed by atoms with van der Waals surface area (Å²) in [6, 6.07) is 18.8. The minimum Gasteiger partial charge on any atom is -0.315 e. The van der Waals surface area contributed by atoms with E-state index in [1.54, 1.807) is 19.2 Å². The van der Waals surface area contributed by atoms with Crippen LogP contribution >= 0.6 is 11.8 Å². The van der Waals surface area contributed by atoms with E-state index in [4.69, 9.17) is 0 Å². The second kappa shape index (κ2) is 8.75. The third-order valence-electron chi connectivity index (χ3n) is 6.99. The average Bonchev–Trinajstić information content (AvgIpc) is 3.00. The van der Waals surface area contributed by atoms with E-state index in [1.165, 1.54) is 21.6 Å². The van der Waals surface area contributed by atoms with Crippen LogP contribution in [0.25, 0.3) is 0 Å². The van der Waals surface area contributed by atoms with Gasteiger partial charge in [-0.05, 0) is 42.5 Å². The molecule has 33 heavy (non-hydrogen) atoms. The Balaban J connectivity index is 1.77. The normalized spacial score (nSPS) is 17.5.